The number of para-hydroxylation sites is 2. The summed E-state index contributed by atoms with van der Waals surface area (Å²) < 4.78 is 0. The Morgan fingerprint density at radius 3 is 2.61 bits per heavy atom. The minimum atomic E-state index is -0.671. The molecule has 0 aliphatic carbocycles. The number of nitro benzene ring substituents is 1. The molecule has 23 heavy (non-hydrogen) atoms. The van der Waals surface area contributed by atoms with E-state index in [1.807, 2.05) is 12.1 Å². The summed E-state index contributed by atoms with van der Waals surface area (Å²) in [7, 11) is 0. The third-order valence-electron chi connectivity index (χ3n) is 3.42. The minimum Gasteiger partial charge on any atom is -0.267 e. The second kappa shape index (κ2) is 5.82. The molecule has 0 unspecified atom stereocenters. The predicted octanol–water partition coefficient (Wildman–Crippen LogP) is 2.66. The molecule has 0 aliphatic heterocycles. The molecule has 114 valence electrons. The number of nitrogens with zero attached hydrogens (tertiary/aromatic N) is 3. The van der Waals surface area contributed by atoms with Crippen LogP contribution in [-0.4, -0.2) is 15.8 Å². The van der Waals surface area contributed by atoms with Gasteiger partial charge in [0.2, 0.25) is 0 Å². The van der Waals surface area contributed by atoms with Crippen molar-refractivity contribution in [1.82, 2.24) is 4.98 Å². The van der Waals surface area contributed by atoms with Crippen LogP contribution in [0.2, 0.25) is 0 Å². The van der Waals surface area contributed by atoms with Gasteiger partial charge in [-0.1, -0.05) is 30.3 Å². The molecule has 0 spiro atoms. The van der Waals surface area contributed by atoms with E-state index < -0.39 is 10.8 Å². The maximum atomic E-state index is 12.6. The van der Waals surface area contributed by atoms with Crippen molar-refractivity contribution in [2.24, 2.45) is 5.84 Å². The Labute approximate surface area is 131 Å². The minimum absolute atomic E-state index is 0.0760. The van der Waals surface area contributed by atoms with Crippen LogP contribution in [0.1, 0.15) is 10.4 Å². The highest BCUT2D eigenvalue weighted by Gasteiger charge is 2.24. The van der Waals surface area contributed by atoms with E-state index in [0.717, 1.165) is 10.4 Å². The third-order valence-corrected chi connectivity index (χ3v) is 3.42. The number of rotatable bonds is 3. The van der Waals surface area contributed by atoms with E-state index in [-0.39, 0.29) is 11.3 Å². The SMILES string of the molecule is NN(C(=O)c1ccccc1[N+](=O)[O-])c1cccc2cccnc12. The fourth-order valence-corrected chi connectivity index (χ4v) is 2.34. The smallest absolute Gasteiger partial charge is 0.267 e. The predicted molar refractivity (Wildman–Crippen MR) is 85.8 cm³/mol. The lowest BCUT2D eigenvalue weighted by Crippen LogP contribution is -2.38. The van der Waals surface area contributed by atoms with E-state index in [1.54, 1.807) is 30.5 Å². The Kier molecular flexibility index (Phi) is 3.70. The van der Waals surface area contributed by atoms with Crippen LogP contribution in [0.25, 0.3) is 10.9 Å². The number of aromatic nitrogens is 1. The monoisotopic (exact) mass is 308 g/mol. The zero-order valence-electron chi connectivity index (χ0n) is 11.9. The quantitative estimate of drug-likeness (QED) is 0.347. The molecule has 0 aliphatic rings. The first-order valence-electron chi connectivity index (χ1n) is 6.76. The number of amides is 1. The van der Waals surface area contributed by atoms with Gasteiger partial charge in [-0.25, -0.2) is 10.9 Å². The molecule has 0 fully saturated rings. The van der Waals surface area contributed by atoms with Gasteiger partial charge < -0.3 is 0 Å². The number of carbonyl (C=O) groups excluding carboxylic acids is 1. The van der Waals surface area contributed by atoms with Gasteiger partial charge in [0.25, 0.3) is 11.6 Å². The summed E-state index contributed by atoms with van der Waals surface area (Å²) in [5.74, 6) is 5.26. The molecule has 3 aromatic rings. The first-order chi connectivity index (χ1) is 11.1. The van der Waals surface area contributed by atoms with Crippen LogP contribution in [0.5, 0.6) is 0 Å². The first kappa shape index (κ1) is 14.6. The zero-order valence-corrected chi connectivity index (χ0v) is 11.9. The number of carbonyl (C=O) groups is 1. The van der Waals surface area contributed by atoms with Gasteiger partial charge in [0, 0.05) is 17.6 Å². The fourth-order valence-electron chi connectivity index (χ4n) is 2.34. The summed E-state index contributed by atoms with van der Waals surface area (Å²) in [5.41, 5.74) is 0.560. The van der Waals surface area contributed by atoms with Crippen LogP contribution in [0.3, 0.4) is 0 Å². The number of nitro groups is 1. The van der Waals surface area contributed by atoms with E-state index in [2.05, 4.69) is 4.98 Å². The Balaban J connectivity index is 2.08. The number of anilines is 1. The molecule has 7 nitrogen and oxygen atoms in total. The van der Waals surface area contributed by atoms with Gasteiger partial charge in [-0.05, 0) is 18.2 Å². The van der Waals surface area contributed by atoms with Crippen LogP contribution in [-0.2, 0) is 0 Å². The van der Waals surface area contributed by atoms with E-state index in [4.69, 9.17) is 5.84 Å². The van der Waals surface area contributed by atoms with Crippen LogP contribution >= 0.6 is 0 Å². The normalized spacial score (nSPS) is 10.5. The first-order valence-corrected chi connectivity index (χ1v) is 6.76. The Morgan fingerprint density at radius 1 is 1.09 bits per heavy atom. The Bertz CT molecular complexity index is 905. The molecule has 1 aromatic heterocycles. The number of hydrazine groups is 1. The van der Waals surface area contributed by atoms with Crippen molar-refractivity contribution in [2.75, 3.05) is 5.01 Å². The van der Waals surface area contributed by atoms with E-state index in [1.165, 1.54) is 18.2 Å². The molecule has 0 radical (unpaired) electrons. The van der Waals surface area contributed by atoms with Gasteiger partial charge in [0.05, 0.1) is 16.1 Å². The molecule has 7 heteroatoms. The molecule has 0 saturated carbocycles. The molecule has 2 N–H and O–H groups in total. The number of hydrogen-bond donors (Lipinski definition) is 1. The molecule has 3 rings (SSSR count). The number of hydrogen-bond acceptors (Lipinski definition) is 5. The van der Waals surface area contributed by atoms with Crippen LogP contribution < -0.4 is 10.9 Å². The van der Waals surface area contributed by atoms with Gasteiger partial charge >= 0.3 is 0 Å². The van der Waals surface area contributed by atoms with Crippen molar-refractivity contribution in [3.05, 3.63) is 76.5 Å². The molecule has 0 atom stereocenters. The average Bonchev–Trinajstić information content (AvgIpc) is 2.60. The topological polar surface area (TPSA) is 102 Å². The number of fused-ring (bicyclic) bond motifs is 1. The Hall–Kier alpha value is -3.32. The van der Waals surface area contributed by atoms with Crippen LogP contribution in [0.4, 0.5) is 11.4 Å². The lowest BCUT2D eigenvalue weighted by molar-refractivity contribution is -0.385. The van der Waals surface area contributed by atoms with Crippen molar-refractivity contribution < 1.29 is 9.72 Å². The standard InChI is InChI=1S/C16H12N4O3/c17-19(14-9-3-5-11-6-4-10-18-15(11)14)16(21)12-7-1-2-8-13(12)20(22)23/h1-10H,17H2. The second-order valence-corrected chi connectivity index (χ2v) is 4.80. The number of benzene rings is 2. The average molecular weight is 308 g/mol. The summed E-state index contributed by atoms with van der Waals surface area (Å²) in [5, 5.41) is 12.8. The maximum Gasteiger partial charge on any atom is 0.282 e. The second-order valence-electron chi connectivity index (χ2n) is 4.80. The molecular formula is C16H12N4O3. The zero-order chi connectivity index (χ0) is 16.4. The van der Waals surface area contributed by atoms with Crippen LogP contribution in [0, 0.1) is 10.1 Å². The molecular weight excluding hydrogens is 296 g/mol. The lowest BCUT2D eigenvalue weighted by Gasteiger charge is -2.18. The third kappa shape index (κ3) is 2.60. The molecule has 2 aromatic carbocycles. The summed E-state index contributed by atoms with van der Waals surface area (Å²) >= 11 is 0. The number of pyridine rings is 1. The van der Waals surface area contributed by atoms with Crippen LogP contribution in [0.15, 0.2) is 60.8 Å². The fraction of sp³-hybridized carbons (Fsp3) is 0. The summed E-state index contributed by atoms with van der Waals surface area (Å²) in [6, 6.07) is 14.5. The summed E-state index contributed by atoms with van der Waals surface area (Å²) in [4.78, 5) is 27.3. The summed E-state index contributed by atoms with van der Waals surface area (Å²) in [6.07, 6.45) is 1.59. The van der Waals surface area contributed by atoms with Crippen molar-refractivity contribution >= 4 is 28.2 Å². The van der Waals surface area contributed by atoms with E-state index >= 15 is 0 Å². The van der Waals surface area contributed by atoms with Gasteiger partial charge in [-0.15, -0.1) is 0 Å². The summed E-state index contributed by atoms with van der Waals surface area (Å²) in [6.45, 7) is 0. The van der Waals surface area contributed by atoms with Gasteiger partial charge in [-0.3, -0.25) is 19.9 Å². The molecule has 0 bridgehead atoms. The molecule has 1 amide bonds. The number of nitrogens with two attached hydrogens (primary N) is 1. The van der Waals surface area contributed by atoms with Crippen molar-refractivity contribution in [3.8, 4) is 0 Å². The Morgan fingerprint density at radius 2 is 1.83 bits per heavy atom. The van der Waals surface area contributed by atoms with Gasteiger partial charge in [-0.2, -0.15) is 0 Å². The van der Waals surface area contributed by atoms with Gasteiger partial charge in [0.15, 0.2) is 0 Å². The van der Waals surface area contributed by atoms with Crippen molar-refractivity contribution in [2.45, 2.75) is 0 Å². The van der Waals surface area contributed by atoms with E-state index in [0.29, 0.717) is 11.2 Å². The van der Waals surface area contributed by atoms with Crippen molar-refractivity contribution in [1.29, 1.82) is 0 Å². The molecule has 1 heterocycles. The van der Waals surface area contributed by atoms with E-state index in [9.17, 15) is 14.9 Å². The van der Waals surface area contributed by atoms with Crippen molar-refractivity contribution in [3.63, 3.8) is 0 Å². The highest BCUT2D eigenvalue weighted by molar-refractivity contribution is 6.11. The highest BCUT2D eigenvalue weighted by atomic mass is 16.6. The lowest BCUT2D eigenvalue weighted by atomic mass is 10.1. The molecule has 0 saturated heterocycles. The largest absolute Gasteiger partial charge is 0.282 e. The van der Waals surface area contributed by atoms with Gasteiger partial charge in [0.1, 0.15) is 5.56 Å². The maximum absolute atomic E-state index is 12.6. The highest BCUT2D eigenvalue weighted by Crippen LogP contribution is 2.26.